The van der Waals surface area contributed by atoms with E-state index in [2.05, 4.69) is 13.8 Å². The van der Waals surface area contributed by atoms with Crippen LogP contribution in [0.3, 0.4) is 0 Å². The molecule has 2 aliphatic rings. The number of hydrogen-bond acceptors (Lipinski definition) is 4. The van der Waals surface area contributed by atoms with Gasteiger partial charge in [-0.3, -0.25) is 23.5 Å². The molecule has 0 N–H and O–H groups in total. The number of piperidine rings is 1. The minimum absolute atomic E-state index is 0.0541. The van der Waals surface area contributed by atoms with Crippen molar-refractivity contribution in [2.75, 3.05) is 26.2 Å². The Labute approximate surface area is 158 Å². The molecule has 2 fully saturated rings. The van der Waals surface area contributed by atoms with Gasteiger partial charge in [0.05, 0.1) is 0 Å². The highest BCUT2D eigenvalue weighted by Gasteiger charge is 2.45. The zero-order valence-corrected chi connectivity index (χ0v) is 16.5. The summed E-state index contributed by atoms with van der Waals surface area (Å²) < 4.78 is 2.20. The molecule has 2 amide bonds. The first kappa shape index (κ1) is 19.4. The van der Waals surface area contributed by atoms with E-state index in [-0.39, 0.29) is 22.9 Å². The van der Waals surface area contributed by atoms with Gasteiger partial charge in [0.15, 0.2) is 0 Å². The first-order valence-corrected chi connectivity index (χ1v) is 9.48. The van der Waals surface area contributed by atoms with Crippen molar-refractivity contribution in [1.82, 2.24) is 18.9 Å². The Balaban J connectivity index is 1.72. The molecule has 0 unspecified atom stereocenters. The van der Waals surface area contributed by atoms with Gasteiger partial charge in [-0.05, 0) is 18.8 Å². The maximum Gasteiger partial charge on any atom is 0.331 e. The Kier molecular flexibility index (Phi) is 5.01. The molecule has 3 heterocycles. The molecule has 2 aliphatic heterocycles. The maximum absolute atomic E-state index is 12.9. The number of nitrogens with zero attached hydrogens (tertiary/aromatic N) is 4. The lowest BCUT2D eigenvalue weighted by molar-refractivity contribution is -0.128. The summed E-state index contributed by atoms with van der Waals surface area (Å²) in [4.78, 5) is 52.8. The third-order valence-corrected chi connectivity index (χ3v) is 5.85. The fraction of sp³-hybridized carbons (Fsp3) is 0.684. The van der Waals surface area contributed by atoms with Crippen molar-refractivity contribution < 1.29 is 9.59 Å². The average molecular weight is 376 g/mol. The van der Waals surface area contributed by atoms with Crippen molar-refractivity contribution in [3.63, 3.8) is 0 Å². The summed E-state index contributed by atoms with van der Waals surface area (Å²) >= 11 is 0. The van der Waals surface area contributed by atoms with Crippen LogP contribution in [0.4, 0.5) is 0 Å². The van der Waals surface area contributed by atoms with E-state index >= 15 is 0 Å². The lowest BCUT2D eigenvalue weighted by Crippen LogP contribution is -2.47. The number of carbonyl (C=O) groups excluding carboxylic acids is 2. The number of aromatic nitrogens is 2. The summed E-state index contributed by atoms with van der Waals surface area (Å²) in [6, 6.07) is 1.22. The highest BCUT2D eigenvalue weighted by Crippen LogP contribution is 2.41. The van der Waals surface area contributed by atoms with Crippen LogP contribution in [0.5, 0.6) is 0 Å². The van der Waals surface area contributed by atoms with Crippen molar-refractivity contribution in [3.8, 4) is 0 Å². The van der Waals surface area contributed by atoms with E-state index in [0.29, 0.717) is 25.4 Å². The molecule has 0 saturated carbocycles. The Bertz CT molecular complexity index is 875. The lowest BCUT2D eigenvalue weighted by Gasteiger charge is -2.39. The van der Waals surface area contributed by atoms with Crippen LogP contribution in [-0.4, -0.2) is 56.9 Å². The van der Waals surface area contributed by atoms with Crippen molar-refractivity contribution in [2.45, 2.75) is 33.1 Å². The van der Waals surface area contributed by atoms with Gasteiger partial charge in [0.2, 0.25) is 5.91 Å². The fourth-order valence-electron chi connectivity index (χ4n) is 4.21. The molecule has 0 aromatic carbocycles. The molecule has 0 aliphatic carbocycles. The van der Waals surface area contributed by atoms with Crippen LogP contribution >= 0.6 is 0 Å². The highest BCUT2D eigenvalue weighted by atomic mass is 16.2. The molecule has 1 aromatic rings. The topological polar surface area (TPSA) is 84.6 Å². The normalized spacial score (nSPS) is 19.4. The van der Waals surface area contributed by atoms with Crippen LogP contribution in [-0.2, 0) is 18.9 Å². The van der Waals surface area contributed by atoms with Crippen molar-refractivity contribution >= 4 is 11.8 Å². The third kappa shape index (κ3) is 3.57. The molecular formula is C19H28N4O4. The Hall–Kier alpha value is -2.38. The zero-order chi connectivity index (χ0) is 19.9. The minimum Gasteiger partial charge on any atom is -0.342 e. The predicted molar refractivity (Wildman–Crippen MR) is 101 cm³/mol. The molecule has 3 rings (SSSR count). The summed E-state index contributed by atoms with van der Waals surface area (Å²) in [5.74, 6) is 0.343. The van der Waals surface area contributed by atoms with Crippen molar-refractivity contribution in [3.05, 3.63) is 32.6 Å². The molecule has 0 bridgehead atoms. The largest absolute Gasteiger partial charge is 0.342 e. The van der Waals surface area contributed by atoms with Gasteiger partial charge in [0, 0.05) is 58.2 Å². The van der Waals surface area contributed by atoms with Crippen LogP contribution in [0.25, 0.3) is 0 Å². The number of amides is 2. The number of carbonyl (C=O) groups is 2. The van der Waals surface area contributed by atoms with Crippen LogP contribution in [0, 0.1) is 11.3 Å². The monoisotopic (exact) mass is 376 g/mol. The van der Waals surface area contributed by atoms with Gasteiger partial charge in [-0.15, -0.1) is 0 Å². The van der Waals surface area contributed by atoms with Gasteiger partial charge in [-0.2, -0.15) is 0 Å². The molecule has 2 saturated heterocycles. The van der Waals surface area contributed by atoms with Crippen molar-refractivity contribution in [1.29, 1.82) is 0 Å². The smallest absolute Gasteiger partial charge is 0.331 e. The first-order chi connectivity index (χ1) is 12.6. The fourth-order valence-corrected chi connectivity index (χ4v) is 4.21. The number of likely N-dealkylation sites (tertiary alicyclic amines) is 2. The summed E-state index contributed by atoms with van der Waals surface area (Å²) in [5.41, 5.74) is -0.935. The highest BCUT2D eigenvalue weighted by molar-refractivity contribution is 5.92. The van der Waals surface area contributed by atoms with E-state index in [9.17, 15) is 19.2 Å². The van der Waals surface area contributed by atoms with E-state index in [1.165, 1.54) is 24.7 Å². The number of hydrogen-bond donors (Lipinski definition) is 0. The number of rotatable bonds is 3. The molecule has 1 aromatic heterocycles. The summed E-state index contributed by atoms with van der Waals surface area (Å²) in [5, 5.41) is 0. The molecule has 148 valence electrons. The molecular weight excluding hydrogens is 348 g/mol. The van der Waals surface area contributed by atoms with Gasteiger partial charge in [-0.25, -0.2) is 4.79 Å². The molecule has 0 atom stereocenters. The molecule has 8 nitrogen and oxygen atoms in total. The summed E-state index contributed by atoms with van der Waals surface area (Å²) in [6.45, 7) is 6.81. The second-order valence-corrected chi connectivity index (χ2v) is 8.41. The average Bonchev–Trinajstić information content (AvgIpc) is 2.90. The quantitative estimate of drug-likeness (QED) is 0.754. The Morgan fingerprint density at radius 2 is 1.74 bits per heavy atom. The molecule has 8 heteroatoms. The maximum atomic E-state index is 12.9. The van der Waals surface area contributed by atoms with Crippen LogP contribution in [0.1, 0.15) is 43.6 Å². The zero-order valence-electron chi connectivity index (χ0n) is 16.5. The minimum atomic E-state index is -0.509. The second-order valence-electron chi connectivity index (χ2n) is 8.41. The molecule has 27 heavy (non-hydrogen) atoms. The van der Waals surface area contributed by atoms with Gasteiger partial charge in [-0.1, -0.05) is 13.8 Å². The van der Waals surface area contributed by atoms with E-state index in [1.54, 1.807) is 4.90 Å². The van der Waals surface area contributed by atoms with Gasteiger partial charge in [0.1, 0.15) is 5.69 Å². The SMILES string of the molecule is CC(C)CN1CC2(CCN(C(=O)c3cc(=O)n(C)c(=O)n3C)CC2)CC1=O. The second kappa shape index (κ2) is 6.98. The van der Waals surface area contributed by atoms with Crippen LogP contribution < -0.4 is 11.2 Å². The molecule has 1 spiro atoms. The van der Waals surface area contributed by atoms with Crippen molar-refractivity contribution in [2.24, 2.45) is 25.4 Å². The predicted octanol–water partition coefficient (Wildman–Crippen LogP) is 0.195. The Morgan fingerprint density at radius 1 is 1.11 bits per heavy atom. The van der Waals surface area contributed by atoms with E-state index in [4.69, 9.17) is 0 Å². The van der Waals surface area contributed by atoms with E-state index in [1.807, 2.05) is 4.90 Å². The lowest BCUT2D eigenvalue weighted by atomic mass is 9.77. The summed E-state index contributed by atoms with van der Waals surface area (Å²) in [6.07, 6.45) is 2.07. The van der Waals surface area contributed by atoms with Gasteiger partial charge in [0.25, 0.3) is 11.5 Å². The standard InChI is InChI=1S/C19H28N4O4/c1-13(2)11-23-12-19(10-16(23)25)5-7-22(8-6-19)17(26)14-9-15(24)21(4)18(27)20(14)3/h9,13H,5-8,10-12H2,1-4H3. The summed E-state index contributed by atoms with van der Waals surface area (Å²) in [7, 11) is 2.89. The molecule has 0 radical (unpaired) electrons. The van der Waals surface area contributed by atoms with Gasteiger partial charge >= 0.3 is 5.69 Å². The first-order valence-electron chi connectivity index (χ1n) is 9.48. The van der Waals surface area contributed by atoms with E-state index < -0.39 is 11.2 Å². The third-order valence-electron chi connectivity index (χ3n) is 5.85. The Morgan fingerprint density at radius 3 is 2.33 bits per heavy atom. The van der Waals surface area contributed by atoms with Crippen LogP contribution in [0.15, 0.2) is 15.7 Å². The van der Waals surface area contributed by atoms with E-state index in [0.717, 1.165) is 30.5 Å². The van der Waals surface area contributed by atoms with Crippen LogP contribution in [0.2, 0.25) is 0 Å². The van der Waals surface area contributed by atoms with Gasteiger partial charge < -0.3 is 9.80 Å².